The van der Waals surface area contributed by atoms with Crippen molar-refractivity contribution in [1.29, 1.82) is 0 Å². The van der Waals surface area contributed by atoms with Crippen LogP contribution in [0.15, 0.2) is 58.4 Å². The first-order chi connectivity index (χ1) is 15.2. The molecule has 1 saturated heterocycles. The Labute approximate surface area is 194 Å². The Bertz CT molecular complexity index is 1100. The van der Waals surface area contributed by atoms with Gasteiger partial charge in [-0.15, -0.1) is 0 Å². The SMILES string of the molecule is Cc1cccc(OCCCC(=O)N2CC(C)SC2=Nc2cccc(S(=O)(=O)N(C)C)c2)c1. The van der Waals surface area contributed by atoms with Crippen LogP contribution >= 0.6 is 11.8 Å². The Morgan fingerprint density at radius 1 is 1.22 bits per heavy atom. The van der Waals surface area contributed by atoms with Crippen LogP contribution in [-0.4, -0.2) is 61.2 Å². The predicted molar refractivity (Wildman–Crippen MR) is 129 cm³/mol. The van der Waals surface area contributed by atoms with Gasteiger partial charge in [0.2, 0.25) is 15.9 Å². The van der Waals surface area contributed by atoms with Gasteiger partial charge in [-0.2, -0.15) is 0 Å². The number of aryl methyl sites for hydroxylation is 1. The summed E-state index contributed by atoms with van der Waals surface area (Å²) >= 11 is 1.52. The molecule has 32 heavy (non-hydrogen) atoms. The molecule has 2 aromatic rings. The maximum absolute atomic E-state index is 12.8. The summed E-state index contributed by atoms with van der Waals surface area (Å²) in [4.78, 5) is 19.3. The lowest BCUT2D eigenvalue weighted by atomic mass is 10.2. The molecule has 0 aromatic heterocycles. The number of hydrogen-bond acceptors (Lipinski definition) is 6. The molecule has 1 aliphatic rings. The van der Waals surface area contributed by atoms with E-state index in [1.165, 1.54) is 36.2 Å². The molecule has 3 rings (SSSR count). The molecule has 0 N–H and O–H groups in total. The first-order valence-corrected chi connectivity index (χ1v) is 12.8. The van der Waals surface area contributed by atoms with E-state index in [9.17, 15) is 13.2 Å². The van der Waals surface area contributed by atoms with Crippen molar-refractivity contribution in [2.45, 2.75) is 36.8 Å². The third-order valence-electron chi connectivity index (χ3n) is 4.89. The van der Waals surface area contributed by atoms with Crippen LogP contribution in [-0.2, 0) is 14.8 Å². The molecule has 9 heteroatoms. The maximum Gasteiger partial charge on any atom is 0.242 e. The summed E-state index contributed by atoms with van der Waals surface area (Å²) in [6, 6.07) is 14.3. The normalized spacial score (nSPS) is 17.8. The molecule has 1 atom stereocenters. The summed E-state index contributed by atoms with van der Waals surface area (Å²) in [5, 5.41) is 0.816. The zero-order chi connectivity index (χ0) is 23.3. The Morgan fingerprint density at radius 2 is 1.97 bits per heavy atom. The minimum atomic E-state index is -3.55. The van der Waals surface area contributed by atoms with Gasteiger partial charge in [0.1, 0.15) is 5.75 Å². The molecule has 0 aliphatic carbocycles. The second kappa shape index (κ2) is 10.5. The van der Waals surface area contributed by atoms with Crippen LogP contribution in [0.3, 0.4) is 0 Å². The monoisotopic (exact) mass is 475 g/mol. The summed E-state index contributed by atoms with van der Waals surface area (Å²) < 4.78 is 31.7. The highest BCUT2D eigenvalue weighted by Gasteiger charge is 2.30. The molecule has 1 fully saturated rings. The Hall–Kier alpha value is -2.36. The van der Waals surface area contributed by atoms with E-state index in [4.69, 9.17) is 4.74 Å². The molecule has 172 valence electrons. The lowest BCUT2D eigenvalue weighted by molar-refractivity contribution is -0.127. The van der Waals surface area contributed by atoms with E-state index in [1.807, 2.05) is 38.1 Å². The van der Waals surface area contributed by atoms with Gasteiger partial charge in [0, 0.05) is 32.3 Å². The van der Waals surface area contributed by atoms with E-state index in [0.29, 0.717) is 36.8 Å². The fourth-order valence-corrected chi connectivity index (χ4v) is 5.19. The standard InChI is InChI=1S/C23H29N3O4S2/c1-17-8-5-10-20(14-17)30-13-7-12-22(27)26-16-18(2)31-23(26)24-19-9-6-11-21(15-19)32(28,29)25(3)4/h5-6,8-11,14-15,18H,7,12-13,16H2,1-4H3. The van der Waals surface area contributed by atoms with Gasteiger partial charge in [0.05, 0.1) is 17.2 Å². The van der Waals surface area contributed by atoms with E-state index >= 15 is 0 Å². The minimum absolute atomic E-state index is 0.00879. The largest absolute Gasteiger partial charge is 0.494 e. The van der Waals surface area contributed by atoms with Crippen molar-refractivity contribution in [3.05, 3.63) is 54.1 Å². The average Bonchev–Trinajstić information content (AvgIpc) is 3.11. The number of sulfonamides is 1. The summed E-state index contributed by atoms with van der Waals surface area (Å²) in [6.07, 6.45) is 0.958. The van der Waals surface area contributed by atoms with Gasteiger partial charge in [-0.25, -0.2) is 17.7 Å². The molecule has 1 heterocycles. The highest BCUT2D eigenvalue weighted by atomic mass is 32.2. The minimum Gasteiger partial charge on any atom is -0.494 e. The highest BCUT2D eigenvalue weighted by molar-refractivity contribution is 8.14. The molecule has 0 radical (unpaired) electrons. The molecule has 0 bridgehead atoms. The van der Waals surface area contributed by atoms with E-state index in [1.54, 1.807) is 23.1 Å². The van der Waals surface area contributed by atoms with Crippen LogP contribution in [0.25, 0.3) is 0 Å². The van der Waals surface area contributed by atoms with Gasteiger partial charge >= 0.3 is 0 Å². The fraction of sp³-hybridized carbons (Fsp3) is 0.391. The smallest absolute Gasteiger partial charge is 0.242 e. The third kappa shape index (κ3) is 6.11. The van der Waals surface area contributed by atoms with Crippen LogP contribution in [0.4, 0.5) is 5.69 Å². The van der Waals surface area contributed by atoms with Crippen molar-refractivity contribution >= 4 is 38.5 Å². The Balaban J connectivity index is 1.65. The van der Waals surface area contributed by atoms with Gasteiger partial charge in [0.15, 0.2) is 5.17 Å². The first-order valence-electron chi connectivity index (χ1n) is 10.4. The fourth-order valence-electron chi connectivity index (χ4n) is 3.20. The molecule has 1 aliphatic heterocycles. The number of hydrogen-bond donors (Lipinski definition) is 0. The number of thioether (sulfide) groups is 1. The zero-order valence-electron chi connectivity index (χ0n) is 18.8. The van der Waals surface area contributed by atoms with Gasteiger partial charge in [0.25, 0.3) is 0 Å². The number of aliphatic imine (C=N–C) groups is 1. The van der Waals surface area contributed by atoms with Crippen molar-refractivity contribution in [2.75, 3.05) is 27.2 Å². The molecule has 1 amide bonds. The molecule has 7 nitrogen and oxygen atoms in total. The van der Waals surface area contributed by atoms with Crippen molar-refractivity contribution in [1.82, 2.24) is 9.21 Å². The predicted octanol–water partition coefficient (Wildman–Crippen LogP) is 4.06. The lowest BCUT2D eigenvalue weighted by Gasteiger charge is -2.16. The third-order valence-corrected chi connectivity index (χ3v) is 7.78. The van der Waals surface area contributed by atoms with Crippen LogP contribution in [0.2, 0.25) is 0 Å². The lowest BCUT2D eigenvalue weighted by Crippen LogP contribution is -2.32. The first kappa shape index (κ1) is 24.3. The van der Waals surface area contributed by atoms with Crippen molar-refractivity contribution in [3.63, 3.8) is 0 Å². The zero-order valence-corrected chi connectivity index (χ0v) is 20.4. The molecule has 1 unspecified atom stereocenters. The average molecular weight is 476 g/mol. The highest BCUT2D eigenvalue weighted by Crippen LogP contribution is 2.30. The number of benzene rings is 2. The number of rotatable bonds is 8. The number of nitrogens with zero attached hydrogens (tertiary/aromatic N) is 3. The van der Waals surface area contributed by atoms with E-state index in [-0.39, 0.29) is 16.1 Å². The van der Waals surface area contributed by atoms with Crippen LogP contribution in [0.1, 0.15) is 25.3 Å². The Morgan fingerprint density at radius 3 is 2.69 bits per heavy atom. The van der Waals surface area contributed by atoms with Gasteiger partial charge < -0.3 is 4.74 Å². The van der Waals surface area contributed by atoms with Crippen LogP contribution in [0, 0.1) is 6.92 Å². The van der Waals surface area contributed by atoms with Crippen LogP contribution < -0.4 is 4.74 Å². The van der Waals surface area contributed by atoms with Crippen LogP contribution in [0.5, 0.6) is 5.75 Å². The van der Waals surface area contributed by atoms with E-state index in [0.717, 1.165) is 11.3 Å². The van der Waals surface area contributed by atoms with Gasteiger partial charge in [-0.3, -0.25) is 9.69 Å². The summed E-state index contributed by atoms with van der Waals surface area (Å²) in [5.41, 5.74) is 1.63. The van der Waals surface area contributed by atoms with Gasteiger partial charge in [-0.05, 0) is 49.2 Å². The second-order valence-corrected chi connectivity index (χ2v) is 11.4. The second-order valence-electron chi connectivity index (χ2n) is 7.88. The number of ether oxygens (including phenoxy) is 1. The number of carbonyl (C=O) groups is 1. The summed E-state index contributed by atoms with van der Waals surface area (Å²) in [7, 11) is -0.568. The molecular weight excluding hydrogens is 446 g/mol. The van der Waals surface area contributed by atoms with Crippen molar-refractivity contribution in [2.24, 2.45) is 4.99 Å². The van der Waals surface area contributed by atoms with E-state index < -0.39 is 10.0 Å². The number of amides is 1. The maximum atomic E-state index is 12.8. The number of amidine groups is 1. The summed E-state index contributed by atoms with van der Waals surface area (Å²) in [5.74, 6) is 0.795. The topological polar surface area (TPSA) is 79.3 Å². The molecule has 0 spiro atoms. The van der Waals surface area contributed by atoms with E-state index in [2.05, 4.69) is 4.99 Å². The molecule has 0 saturated carbocycles. The quantitative estimate of drug-likeness (QED) is 0.538. The van der Waals surface area contributed by atoms with Crippen molar-refractivity contribution < 1.29 is 17.9 Å². The molecular formula is C23H29N3O4S2. The van der Waals surface area contributed by atoms with Gasteiger partial charge in [-0.1, -0.05) is 36.9 Å². The van der Waals surface area contributed by atoms with Crippen molar-refractivity contribution in [3.8, 4) is 5.75 Å². The molecule has 2 aromatic carbocycles. The Kier molecular flexibility index (Phi) is 7.97. The summed E-state index contributed by atoms with van der Waals surface area (Å²) in [6.45, 7) is 5.09. The number of carbonyl (C=O) groups excluding carboxylic acids is 1.